The van der Waals surface area contributed by atoms with Crippen LogP contribution in [0.3, 0.4) is 0 Å². The molecule has 7 heteroatoms. The Morgan fingerprint density at radius 1 is 0.339 bits per heavy atom. The molecule has 0 aromatic rings. The lowest BCUT2D eigenvalue weighted by Gasteiger charge is -2.21. The Kier molecular flexibility index (Phi) is 48.0. The first-order valence-corrected chi connectivity index (χ1v) is 26.5. The van der Waals surface area contributed by atoms with E-state index in [9.17, 15) is 9.59 Å². The summed E-state index contributed by atoms with van der Waals surface area (Å²) in [6, 6.07) is 0. The summed E-state index contributed by atoms with van der Waals surface area (Å²) in [5.41, 5.74) is 0. The molecule has 0 heterocycles. The second-order valence-corrected chi connectivity index (χ2v) is 17.8. The average molecular weight is 870 g/mol. The molecule has 362 valence electrons. The predicted octanol–water partition coefficient (Wildman–Crippen LogP) is 14.6. The maximum Gasteiger partial charge on any atom is 0.307 e. The predicted molar refractivity (Wildman–Crippen MR) is 270 cm³/mol. The van der Waals surface area contributed by atoms with E-state index in [1.807, 2.05) is 0 Å². The van der Waals surface area contributed by atoms with Crippen LogP contribution in [-0.4, -0.2) is 99.3 Å². The van der Waals surface area contributed by atoms with Gasteiger partial charge < -0.3 is 24.2 Å². The fourth-order valence-corrected chi connectivity index (χ4v) is 7.49. The number of carbonyl (C=O) groups is 2. The molecule has 0 radical (unpaired) electrons. The van der Waals surface area contributed by atoms with Crippen LogP contribution in [0, 0.1) is 0 Å². The molecular formula is C55H103N3O4. The summed E-state index contributed by atoms with van der Waals surface area (Å²) < 4.78 is 11.3. The molecule has 0 N–H and O–H groups in total. The molecule has 0 fully saturated rings. The lowest BCUT2D eigenvalue weighted by molar-refractivity contribution is -0.145. The van der Waals surface area contributed by atoms with Gasteiger partial charge in [-0.25, -0.2) is 0 Å². The van der Waals surface area contributed by atoms with Gasteiger partial charge >= 0.3 is 11.9 Å². The molecular weight excluding hydrogens is 767 g/mol. The summed E-state index contributed by atoms with van der Waals surface area (Å²) in [6.45, 7) is 17.7. The van der Waals surface area contributed by atoms with E-state index in [1.165, 1.54) is 103 Å². The smallest absolute Gasteiger partial charge is 0.307 e. The van der Waals surface area contributed by atoms with E-state index in [-0.39, 0.29) is 11.9 Å². The highest BCUT2D eigenvalue weighted by molar-refractivity contribution is 5.69. The SMILES string of the molecule is CCCCC/C=C/CCCN(CCC/C=C/CCCCC)CCC(=O)OCCCCN(C)CCCCOC(=O)CCN(CCC/C=C/CCCCC)CCC/C=C/CCCCC. The fraction of sp³-hybridized carbons (Fsp3) is 0.818. The number of esters is 2. The van der Waals surface area contributed by atoms with Gasteiger partial charge in [0.2, 0.25) is 0 Å². The maximum atomic E-state index is 12.6. The van der Waals surface area contributed by atoms with Crippen molar-refractivity contribution in [3.05, 3.63) is 48.6 Å². The van der Waals surface area contributed by atoms with Crippen molar-refractivity contribution >= 4 is 11.9 Å². The molecule has 0 aliphatic rings. The molecule has 0 spiro atoms. The zero-order valence-corrected chi connectivity index (χ0v) is 41.9. The third-order valence-corrected chi connectivity index (χ3v) is 11.6. The van der Waals surface area contributed by atoms with E-state index in [1.54, 1.807) is 0 Å². The van der Waals surface area contributed by atoms with E-state index >= 15 is 0 Å². The van der Waals surface area contributed by atoms with Gasteiger partial charge in [0.15, 0.2) is 0 Å². The molecule has 62 heavy (non-hydrogen) atoms. The highest BCUT2D eigenvalue weighted by Crippen LogP contribution is 2.09. The van der Waals surface area contributed by atoms with Crippen molar-refractivity contribution < 1.29 is 19.1 Å². The molecule has 7 nitrogen and oxygen atoms in total. The Hall–Kier alpha value is -2.22. The third-order valence-electron chi connectivity index (χ3n) is 11.6. The molecule has 0 atom stereocenters. The first-order chi connectivity index (χ1) is 30.5. The van der Waals surface area contributed by atoms with Gasteiger partial charge in [-0.15, -0.1) is 0 Å². The summed E-state index contributed by atoms with van der Waals surface area (Å²) in [5.74, 6) is -0.141. The number of unbranched alkanes of at least 4 members (excludes halogenated alkanes) is 18. The van der Waals surface area contributed by atoms with Crippen LogP contribution >= 0.6 is 0 Å². The topological polar surface area (TPSA) is 62.3 Å². The Morgan fingerprint density at radius 2 is 0.613 bits per heavy atom. The summed E-state index contributed by atoms with van der Waals surface area (Å²) in [7, 11) is 2.15. The second-order valence-electron chi connectivity index (χ2n) is 17.8. The molecule has 0 bridgehead atoms. The van der Waals surface area contributed by atoms with Crippen LogP contribution < -0.4 is 0 Å². The fourth-order valence-electron chi connectivity index (χ4n) is 7.49. The van der Waals surface area contributed by atoms with E-state index in [4.69, 9.17) is 9.47 Å². The number of allylic oxidation sites excluding steroid dienone is 8. The number of carbonyl (C=O) groups excluding carboxylic acids is 2. The minimum Gasteiger partial charge on any atom is -0.466 e. The van der Waals surface area contributed by atoms with E-state index in [2.05, 4.69) is 98.1 Å². The zero-order chi connectivity index (χ0) is 45.2. The Morgan fingerprint density at radius 3 is 0.887 bits per heavy atom. The van der Waals surface area contributed by atoms with Crippen molar-refractivity contribution in [2.45, 2.75) is 220 Å². The van der Waals surface area contributed by atoms with Crippen LogP contribution in [-0.2, 0) is 19.1 Å². The van der Waals surface area contributed by atoms with Gasteiger partial charge in [-0.05, 0) is 175 Å². The van der Waals surface area contributed by atoms with Gasteiger partial charge in [0, 0.05) is 13.1 Å². The molecule has 0 aromatic heterocycles. The Balaban J connectivity index is 4.32. The molecule has 0 aliphatic heterocycles. The first-order valence-electron chi connectivity index (χ1n) is 26.5. The zero-order valence-electron chi connectivity index (χ0n) is 41.9. The summed E-state index contributed by atoms with van der Waals surface area (Å²) >= 11 is 0. The van der Waals surface area contributed by atoms with Gasteiger partial charge in [-0.2, -0.15) is 0 Å². The lowest BCUT2D eigenvalue weighted by Crippen LogP contribution is -2.29. The van der Waals surface area contributed by atoms with Crippen molar-refractivity contribution in [1.82, 2.24) is 14.7 Å². The monoisotopic (exact) mass is 870 g/mol. The van der Waals surface area contributed by atoms with Gasteiger partial charge in [0.25, 0.3) is 0 Å². The number of hydrogen-bond acceptors (Lipinski definition) is 7. The van der Waals surface area contributed by atoms with Crippen molar-refractivity contribution in [3.8, 4) is 0 Å². The minimum absolute atomic E-state index is 0.0703. The lowest BCUT2D eigenvalue weighted by atomic mass is 10.1. The summed E-state index contributed by atoms with van der Waals surface area (Å²) in [4.78, 5) is 32.6. The van der Waals surface area contributed by atoms with Crippen LogP contribution in [0.5, 0.6) is 0 Å². The summed E-state index contributed by atoms with van der Waals surface area (Å²) in [6.07, 6.45) is 52.8. The van der Waals surface area contributed by atoms with E-state index in [0.29, 0.717) is 26.1 Å². The van der Waals surface area contributed by atoms with E-state index in [0.717, 1.165) is 129 Å². The molecule has 0 rings (SSSR count). The van der Waals surface area contributed by atoms with Crippen LogP contribution in [0.2, 0.25) is 0 Å². The summed E-state index contributed by atoms with van der Waals surface area (Å²) in [5, 5.41) is 0. The van der Waals surface area contributed by atoms with Crippen LogP contribution in [0.25, 0.3) is 0 Å². The first kappa shape index (κ1) is 59.8. The molecule has 0 saturated heterocycles. The molecule has 0 aliphatic carbocycles. The molecule has 0 saturated carbocycles. The Labute approximate surface area is 386 Å². The number of rotatable bonds is 48. The van der Waals surface area contributed by atoms with Crippen LogP contribution in [0.4, 0.5) is 0 Å². The van der Waals surface area contributed by atoms with Crippen LogP contribution in [0.15, 0.2) is 48.6 Å². The minimum atomic E-state index is -0.0703. The average Bonchev–Trinajstić information content (AvgIpc) is 3.27. The van der Waals surface area contributed by atoms with Gasteiger partial charge in [-0.1, -0.05) is 128 Å². The van der Waals surface area contributed by atoms with Crippen molar-refractivity contribution in [2.24, 2.45) is 0 Å². The van der Waals surface area contributed by atoms with E-state index < -0.39 is 0 Å². The standard InChI is InChI=1S/C55H103N3O4/c1-6-10-14-18-22-26-30-34-46-57(47-35-31-27-23-19-15-11-7-2)50-42-54(59)61-52-40-38-44-56(5)45-39-41-53-62-55(60)43-51-58(48-36-32-28-24-20-16-12-8-3)49-37-33-29-25-21-17-13-9-4/h22-29H,6-21,30-53H2,1-5H3/b26-22+,27-23+,28-24+,29-25+. The molecule has 0 aromatic carbocycles. The number of hydrogen-bond donors (Lipinski definition) is 0. The second kappa shape index (κ2) is 49.8. The Bertz CT molecular complexity index is 939. The third kappa shape index (κ3) is 45.8. The molecule has 0 amide bonds. The van der Waals surface area contributed by atoms with Crippen molar-refractivity contribution in [2.75, 3.05) is 72.6 Å². The van der Waals surface area contributed by atoms with Gasteiger partial charge in [0.05, 0.1) is 26.1 Å². The van der Waals surface area contributed by atoms with Crippen molar-refractivity contribution in [1.29, 1.82) is 0 Å². The maximum absolute atomic E-state index is 12.6. The van der Waals surface area contributed by atoms with Gasteiger partial charge in [-0.3, -0.25) is 9.59 Å². The highest BCUT2D eigenvalue weighted by atomic mass is 16.5. The quantitative estimate of drug-likeness (QED) is 0.0343. The van der Waals surface area contributed by atoms with Crippen molar-refractivity contribution in [3.63, 3.8) is 0 Å². The van der Waals surface area contributed by atoms with Crippen LogP contribution in [0.1, 0.15) is 220 Å². The number of nitrogens with zero attached hydrogens (tertiary/aromatic N) is 3. The number of ether oxygens (including phenoxy) is 2. The normalized spacial score (nSPS) is 12.3. The molecule has 0 unspecified atom stereocenters. The van der Waals surface area contributed by atoms with Gasteiger partial charge in [0.1, 0.15) is 0 Å². The largest absolute Gasteiger partial charge is 0.466 e. The highest BCUT2D eigenvalue weighted by Gasteiger charge is 2.11.